The largest absolute Gasteiger partial charge is 0.504 e. The lowest BCUT2D eigenvalue weighted by Gasteiger charge is -2.08. The van der Waals surface area contributed by atoms with Gasteiger partial charge in [-0.3, -0.25) is 0 Å². The van der Waals surface area contributed by atoms with Crippen LogP contribution in [-0.4, -0.2) is 11.7 Å². The average molecular weight is 227 g/mol. The number of phenols is 1. The number of unbranched alkanes of at least 4 members (excludes halogenated alkanes) is 1. The number of phenolic OH excluding ortho intramolecular Hbond substituents is 1. The Hall–Kier alpha value is -2.21. The SMILES string of the molecule is N#CCCCOc1cc2ccccc2cc1O. The predicted octanol–water partition coefficient (Wildman–Crippen LogP) is 3.23. The van der Waals surface area contributed by atoms with Crippen LogP contribution < -0.4 is 4.74 Å². The number of hydrogen-bond acceptors (Lipinski definition) is 3. The van der Waals surface area contributed by atoms with Gasteiger partial charge in [-0.15, -0.1) is 0 Å². The van der Waals surface area contributed by atoms with Gasteiger partial charge in [0.2, 0.25) is 0 Å². The number of fused-ring (bicyclic) bond motifs is 1. The summed E-state index contributed by atoms with van der Waals surface area (Å²) >= 11 is 0. The highest BCUT2D eigenvalue weighted by atomic mass is 16.5. The molecule has 2 rings (SSSR count). The molecular weight excluding hydrogens is 214 g/mol. The molecule has 0 bridgehead atoms. The van der Waals surface area contributed by atoms with Gasteiger partial charge in [-0.1, -0.05) is 24.3 Å². The summed E-state index contributed by atoms with van der Waals surface area (Å²) in [4.78, 5) is 0. The van der Waals surface area contributed by atoms with Gasteiger partial charge in [-0.25, -0.2) is 0 Å². The molecule has 0 saturated heterocycles. The molecule has 0 amide bonds. The third-order valence-electron chi connectivity index (χ3n) is 2.52. The second-order valence-electron chi connectivity index (χ2n) is 3.78. The molecule has 0 fully saturated rings. The van der Waals surface area contributed by atoms with Gasteiger partial charge in [0.25, 0.3) is 0 Å². The fourth-order valence-corrected chi connectivity index (χ4v) is 1.66. The summed E-state index contributed by atoms with van der Waals surface area (Å²) in [5.41, 5.74) is 0. The fraction of sp³-hybridized carbons (Fsp3) is 0.214. The molecule has 0 saturated carbocycles. The summed E-state index contributed by atoms with van der Waals surface area (Å²) in [6.07, 6.45) is 1.14. The van der Waals surface area contributed by atoms with Gasteiger partial charge in [-0.05, 0) is 29.3 Å². The minimum absolute atomic E-state index is 0.139. The first-order valence-corrected chi connectivity index (χ1v) is 5.53. The highest BCUT2D eigenvalue weighted by molar-refractivity contribution is 5.85. The molecular formula is C14H13NO2. The number of nitriles is 1. The molecule has 17 heavy (non-hydrogen) atoms. The van der Waals surface area contributed by atoms with E-state index in [4.69, 9.17) is 10.00 Å². The summed E-state index contributed by atoms with van der Waals surface area (Å²) in [5.74, 6) is 0.613. The normalized spacial score (nSPS) is 10.1. The van der Waals surface area contributed by atoms with Crippen molar-refractivity contribution in [2.24, 2.45) is 0 Å². The second kappa shape index (κ2) is 5.22. The molecule has 1 N–H and O–H groups in total. The molecule has 0 unspecified atom stereocenters. The van der Waals surface area contributed by atoms with Crippen molar-refractivity contribution in [3.63, 3.8) is 0 Å². The molecule has 3 heteroatoms. The third-order valence-corrected chi connectivity index (χ3v) is 2.52. The Labute approximate surface area is 99.9 Å². The van der Waals surface area contributed by atoms with Crippen molar-refractivity contribution in [3.05, 3.63) is 36.4 Å². The van der Waals surface area contributed by atoms with Crippen LogP contribution in [0.3, 0.4) is 0 Å². The lowest BCUT2D eigenvalue weighted by atomic mass is 10.1. The predicted molar refractivity (Wildman–Crippen MR) is 66.0 cm³/mol. The topological polar surface area (TPSA) is 53.2 Å². The van der Waals surface area contributed by atoms with Crippen molar-refractivity contribution in [2.75, 3.05) is 6.61 Å². The van der Waals surface area contributed by atoms with E-state index in [2.05, 4.69) is 6.07 Å². The Bertz CT molecular complexity index is 558. The molecule has 0 spiro atoms. The van der Waals surface area contributed by atoms with E-state index >= 15 is 0 Å². The number of nitrogens with zero attached hydrogens (tertiary/aromatic N) is 1. The van der Waals surface area contributed by atoms with Crippen molar-refractivity contribution in [1.82, 2.24) is 0 Å². The number of hydrogen-bond donors (Lipinski definition) is 1. The molecule has 0 atom stereocenters. The van der Waals surface area contributed by atoms with E-state index in [0.717, 1.165) is 10.8 Å². The first kappa shape index (κ1) is 11.3. The lowest BCUT2D eigenvalue weighted by Crippen LogP contribution is -1.96. The molecule has 86 valence electrons. The van der Waals surface area contributed by atoms with Crippen LogP contribution in [0.15, 0.2) is 36.4 Å². The first-order chi connectivity index (χ1) is 8.31. The monoisotopic (exact) mass is 227 g/mol. The van der Waals surface area contributed by atoms with Gasteiger partial charge >= 0.3 is 0 Å². The van der Waals surface area contributed by atoms with Crippen LogP contribution in [0.5, 0.6) is 11.5 Å². The third kappa shape index (κ3) is 2.67. The summed E-state index contributed by atoms with van der Waals surface area (Å²) in [6.45, 7) is 0.444. The molecule has 2 aromatic rings. The van der Waals surface area contributed by atoms with Crippen LogP contribution in [-0.2, 0) is 0 Å². The Balaban J connectivity index is 2.17. The van der Waals surface area contributed by atoms with E-state index < -0.39 is 0 Å². The highest BCUT2D eigenvalue weighted by Crippen LogP contribution is 2.31. The summed E-state index contributed by atoms with van der Waals surface area (Å²) < 4.78 is 5.45. The maximum atomic E-state index is 9.78. The summed E-state index contributed by atoms with van der Waals surface area (Å²) in [7, 11) is 0. The molecule has 0 heterocycles. The molecule has 0 aliphatic heterocycles. The van der Waals surface area contributed by atoms with Crippen LogP contribution >= 0.6 is 0 Å². The Kier molecular flexibility index (Phi) is 3.46. The Morgan fingerprint density at radius 1 is 1.18 bits per heavy atom. The highest BCUT2D eigenvalue weighted by Gasteiger charge is 2.04. The van der Waals surface area contributed by atoms with E-state index in [1.54, 1.807) is 6.07 Å². The van der Waals surface area contributed by atoms with Gasteiger partial charge in [0, 0.05) is 6.42 Å². The van der Waals surface area contributed by atoms with Crippen molar-refractivity contribution in [2.45, 2.75) is 12.8 Å². The fourth-order valence-electron chi connectivity index (χ4n) is 1.66. The quantitative estimate of drug-likeness (QED) is 0.816. The molecule has 0 aliphatic carbocycles. The minimum Gasteiger partial charge on any atom is -0.504 e. The van der Waals surface area contributed by atoms with Crippen LogP contribution in [0.4, 0.5) is 0 Å². The van der Waals surface area contributed by atoms with Gasteiger partial charge < -0.3 is 9.84 Å². The summed E-state index contributed by atoms with van der Waals surface area (Å²) in [5, 5.41) is 20.2. The van der Waals surface area contributed by atoms with E-state index in [0.29, 0.717) is 25.2 Å². The van der Waals surface area contributed by atoms with Crippen molar-refractivity contribution in [1.29, 1.82) is 5.26 Å². The van der Waals surface area contributed by atoms with Crippen molar-refractivity contribution >= 4 is 10.8 Å². The van der Waals surface area contributed by atoms with Gasteiger partial charge in [0.15, 0.2) is 11.5 Å². The summed E-state index contributed by atoms with van der Waals surface area (Å²) in [6, 6.07) is 13.3. The molecule has 3 nitrogen and oxygen atoms in total. The van der Waals surface area contributed by atoms with Gasteiger partial charge in [0.1, 0.15) is 0 Å². The molecule has 0 aliphatic rings. The molecule has 0 radical (unpaired) electrons. The van der Waals surface area contributed by atoms with Crippen LogP contribution in [0, 0.1) is 11.3 Å². The molecule has 0 aromatic heterocycles. The maximum Gasteiger partial charge on any atom is 0.161 e. The maximum absolute atomic E-state index is 9.78. The standard InChI is InChI=1S/C14H13NO2/c15-7-3-4-8-17-14-10-12-6-2-1-5-11(12)9-13(14)16/h1-2,5-6,9-10,16H,3-4,8H2. The van der Waals surface area contributed by atoms with Gasteiger partial charge in [-0.2, -0.15) is 5.26 Å². The smallest absolute Gasteiger partial charge is 0.161 e. The lowest BCUT2D eigenvalue weighted by molar-refractivity contribution is 0.296. The number of benzene rings is 2. The van der Waals surface area contributed by atoms with E-state index in [1.807, 2.05) is 30.3 Å². The van der Waals surface area contributed by atoms with Crippen LogP contribution in [0.2, 0.25) is 0 Å². The van der Waals surface area contributed by atoms with Crippen LogP contribution in [0.25, 0.3) is 10.8 Å². The van der Waals surface area contributed by atoms with E-state index in [-0.39, 0.29) is 5.75 Å². The number of ether oxygens (including phenoxy) is 1. The zero-order valence-corrected chi connectivity index (χ0v) is 9.39. The number of aromatic hydroxyl groups is 1. The van der Waals surface area contributed by atoms with Crippen molar-refractivity contribution < 1.29 is 9.84 Å². The van der Waals surface area contributed by atoms with E-state index in [1.165, 1.54) is 0 Å². The second-order valence-corrected chi connectivity index (χ2v) is 3.78. The van der Waals surface area contributed by atoms with Crippen LogP contribution in [0.1, 0.15) is 12.8 Å². The zero-order chi connectivity index (χ0) is 12.1. The average Bonchev–Trinajstić information content (AvgIpc) is 2.35. The van der Waals surface area contributed by atoms with E-state index in [9.17, 15) is 5.11 Å². The zero-order valence-electron chi connectivity index (χ0n) is 9.39. The first-order valence-electron chi connectivity index (χ1n) is 5.53. The van der Waals surface area contributed by atoms with Gasteiger partial charge in [0.05, 0.1) is 12.7 Å². The minimum atomic E-state index is 0.139. The Morgan fingerprint density at radius 2 is 1.88 bits per heavy atom. The van der Waals surface area contributed by atoms with Crippen molar-refractivity contribution in [3.8, 4) is 17.6 Å². The molecule has 2 aromatic carbocycles. The number of rotatable bonds is 4. The Morgan fingerprint density at radius 3 is 2.59 bits per heavy atom.